The summed E-state index contributed by atoms with van der Waals surface area (Å²) >= 11 is 0. The van der Waals surface area contributed by atoms with Crippen molar-refractivity contribution in [3.05, 3.63) is 95.8 Å². The quantitative estimate of drug-likeness (QED) is 0.626. The number of benzene rings is 2. The van der Waals surface area contributed by atoms with Gasteiger partial charge in [0.25, 0.3) is 0 Å². The van der Waals surface area contributed by atoms with Crippen molar-refractivity contribution >= 4 is 12.0 Å². The van der Waals surface area contributed by atoms with Gasteiger partial charge in [-0.25, -0.2) is 0 Å². The summed E-state index contributed by atoms with van der Waals surface area (Å²) in [5, 5.41) is 2.97. The smallest absolute Gasteiger partial charge is 0.244 e. The van der Waals surface area contributed by atoms with Gasteiger partial charge >= 0.3 is 0 Å². The van der Waals surface area contributed by atoms with E-state index in [2.05, 4.69) is 10.3 Å². The maximum absolute atomic E-state index is 12.2. The zero-order valence-electron chi connectivity index (χ0n) is 15.4. The number of pyridine rings is 1. The molecule has 0 aliphatic heterocycles. The summed E-state index contributed by atoms with van der Waals surface area (Å²) in [6, 6.07) is 21.1. The van der Waals surface area contributed by atoms with Gasteiger partial charge in [-0.05, 0) is 55.3 Å². The molecule has 0 aliphatic carbocycles. The molecule has 4 heteroatoms. The summed E-state index contributed by atoms with van der Waals surface area (Å²) in [6.07, 6.45) is 5.04. The van der Waals surface area contributed by atoms with E-state index >= 15 is 0 Å². The van der Waals surface area contributed by atoms with Crippen molar-refractivity contribution in [3.63, 3.8) is 0 Å². The molecule has 1 atom stereocenters. The number of hydrogen-bond acceptors (Lipinski definition) is 3. The molecule has 1 heterocycles. The first-order valence-corrected chi connectivity index (χ1v) is 8.84. The van der Waals surface area contributed by atoms with Gasteiger partial charge in [-0.1, -0.05) is 42.5 Å². The van der Waals surface area contributed by atoms with E-state index in [-0.39, 0.29) is 11.9 Å². The number of nitrogens with zero attached hydrogens (tertiary/aromatic N) is 1. The van der Waals surface area contributed by atoms with E-state index in [4.69, 9.17) is 4.74 Å². The lowest BCUT2D eigenvalue weighted by atomic mass is 10.1. The van der Waals surface area contributed by atoms with Gasteiger partial charge < -0.3 is 10.1 Å². The summed E-state index contributed by atoms with van der Waals surface area (Å²) in [5.74, 6) is 1.25. The maximum atomic E-state index is 12.2. The van der Waals surface area contributed by atoms with Crippen molar-refractivity contribution < 1.29 is 9.53 Å². The van der Waals surface area contributed by atoms with Crippen LogP contribution < -0.4 is 10.1 Å². The lowest BCUT2D eigenvalue weighted by Gasteiger charge is -2.14. The van der Waals surface area contributed by atoms with Crippen LogP contribution in [0, 0.1) is 6.92 Å². The highest BCUT2D eigenvalue weighted by molar-refractivity contribution is 5.91. The van der Waals surface area contributed by atoms with Crippen molar-refractivity contribution in [2.24, 2.45) is 0 Å². The Balaban J connectivity index is 1.62. The highest BCUT2D eigenvalue weighted by Crippen LogP contribution is 2.24. The second kappa shape index (κ2) is 8.81. The molecule has 0 radical (unpaired) electrons. The molecule has 27 heavy (non-hydrogen) atoms. The first-order chi connectivity index (χ1) is 13.1. The molecule has 0 saturated heterocycles. The van der Waals surface area contributed by atoms with Gasteiger partial charge in [0.15, 0.2) is 0 Å². The van der Waals surface area contributed by atoms with Crippen LogP contribution in [0.15, 0.2) is 79.0 Å². The second-order valence-corrected chi connectivity index (χ2v) is 6.28. The molecule has 4 nitrogen and oxygen atoms in total. The first kappa shape index (κ1) is 18.4. The van der Waals surface area contributed by atoms with Gasteiger partial charge in [-0.3, -0.25) is 9.78 Å². The van der Waals surface area contributed by atoms with E-state index in [1.807, 2.05) is 80.6 Å². The van der Waals surface area contributed by atoms with Gasteiger partial charge in [0.05, 0.1) is 12.2 Å². The Bertz CT molecular complexity index is 919. The number of carbonyl (C=O) groups excluding carboxylic acids is 1. The van der Waals surface area contributed by atoms with E-state index in [9.17, 15) is 4.79 Å². The molecule has 1 aromatic heterocycles. The van der Waals surface area contributed by atoms with Gasteiger partial charge in [0.2, 0.25) is 5.91 Å². The molecular weight excluding hydrogens is 336 g/mol. The topological polar surface area (TPSA) is 51.2 Å². The summed E-state index contributed by atoms with van der Waals surface area (Å²) in [5.41, 5.74) is 2.90. The number of amides is 1. The van der Waals surface area contributed by atoms with Crippen LogP contribution in [-0.2, 0) is 4.79 Å². The zero-order valence-corrected chi connectivity index (χ0v) is 15.4. The van der Waals surface area contributed by atoms with E-state index in [1.165, 1.54) is 0 Å². The van der Waals surface area contributed by atoms with Gasteiger partial charge in [0, 0.05) is 11.8 Å². The minimum Gasteiger partial charge on any atom is -0.456 e. The normalized spacial score (nSPS) is 11.9. The molecule has 3 aromatic rings. The Morgan fingerprint density at radius 2 is 1.85 bits per heavy atom. The number of carbonyl (C=O) groups is 1. The molecular formula is C23H22N2O2. The summed E-state index contributed by atoms with van der Waals surface area (Å²) in [6.45, 7) is 3.88. The Morgan fingerprint density at radius 1 is 1.04 bits per heavy atom. The summed E-state index contributed by atoms with van der Waals surface area (Å²) in [4.78, 5) is 16.4. The molecule has 0 unspecified atom stereocenters. The van der Waals surface area contributed by atoms with Crippen LogP contribution in [0.1, 0.15) is 29.8 Å². The standard InChI is InChI=1S/C23H22N2O2/c1-17-11-13-22(16-24-17)27-21-10-6-9-20(15-21)18(2)25-23(26)14-12-19-7-4-3-5-8-19/h3-16,18H,1-2H3,(H,25,26)/t18-/m0/s1. The highest BCUT2D eigenvalue weighted by atomic mass is 16.5. The van der Waals surface area contributed by atoms with E-state index < -0.39 is 0 Å². The van der Waals surface area contributed by atoms with Crippen molar-refractivity contribution in [2.45, 2.75) is 19.9 Å². The third kappa shape index (κ3) is 5.54. The predicted molar refractivity (Wildman–Crippen MR) is 108 cm³/mol. The fourth-order valence-electron chi connectivity index (χ4n) is 2.58. The summed E-state index contributed by atoms with van der Waals surface area (Å²) in [7, 11) is 0. The number of nitrogens with one attached hydrogen (secondary N) is 1. The lowest BCUT2D eigenvalue weighted by molar-refractivity contribution is -0.117. The fraction of sp³-hybridized carbons (Fsp3) is 0.130. The minimum absolute atomic E-state index is 0.139. The Morgan fingerprint density at radius 3 is 2.59 bits per heavy atom. The average Bonchev–Trinajstić information content (AvgIpc) is 2.69. The van der Waals surface area contributed by atoms with Crippen molar-refractivity contribution in [1.82, 2.24) is 10.3 Å². The molecule has 0 fully saturated rings. The average molecular weight is 358 g/mol. The van der Waals surface area contributed by atoms with Crippen LogP contribution >= 0.6 is 0 Å². The predicted octanol–water partition coefficient (Wildman–Crippen LogP) is 5.07. The third-order valence-corrected chi connectivity index (χ3v) is 4.06. The van der Waals surface area contributed by atoms with Crippen LogP contribution in [0.25, 0.3) is 6.08 Å². The van der Waals surface area contributed by atoms with Gasteiger partial charge in [-0.15, -0.1) is 0 Å². The van der Waals surface area contributed by atoms with Crippen LogP contribution in [0.2, 0.25) is 0 Å². The molecule has 0 aliphatic rings. The van der Waals surface area contributed by atoms with E-state index in [1.54, 1.807) is 18.3 Å². The SMILES string of the molecule is Cc1ccc(Oc2cccc([C@H](C)NC(=O)C=Cc3ccccc3)c2)cn1. The minimum atomic E-state index is -0.141. The fourth-order valence-corrected chi connectivity index (χ4v) is 2.58. The van der Waals surface area contributed by atoms with Crippen LogP contribution in [0.5, 0.6) is 11.5 Å². The zero-order chi connectivity index (χ0) is 19.1. The monoisotopic (exact) mass is 358 g/mol. The third-order valence-electron chi connectivity index (χ3n) is 4.06. The number of rotatable bonds is 6. The molecule has 136 valence electrons. The van der Waals surface area contributed by atoms with Gasteiger partial charge in [0.1, 0.15) is 11.5 Å². The van der Waals surface area contributed by atoms with Crippen molar-refractivity contribution in [2.75, 3.05) is 0 Å². The van der Waals surface area contributed by atoms with E-state index in [0.29, 0.717) is 11.5 Å². The molecule has 0 spiro atoms. The number of hydrogen-bond donors (Lipinski definition) is 1. The van der Waals surface area contributed by atoms with Crippen LogP contribution in [0.4, 0.5) is 0 Å². The number of aromatic nitrogens is 1. The number of aryl methyl sites for hydroxylation is 1. The molecule has 1 N–H and O–H groups in total. The summed E-state index contributed by atoms with van der Waals surface area (Å²) < 4.78 is 5.85. The molecule has 0 saturated carbocycles. The maximum Gasteiger partial charge on any atom is 0.244 e. The van der Waals surface area contributed by atoms with Crippen LogP contribution in [-0.4, -0.2) is 10.9 Å². The molecule has 2 aromatic carbocycles. The Hall–Kier alpha value is -3.40. The Kier molecular flexibility index (Phi) is 6.00. The second-order valence-electron chi connectivity index (χ2n) is 6.28. The molecule has 0 bridgehead atoms. The molecule has 1 amide bonds. The molecule has 3 rings (SSSR count). The van der Waals surface area contributed by atoms with E-state index in [0.717, 1.165) is 16.8 Å². The highest BCUT2D eigenvalue weighted by Gasteiger charge is 2.09. The largest absolute Gasteiger partial charge is 0.456 e. The number of ether oxygens (including phenoxy) is 1. The van der Waals surface area contributed by atoms with Crippen molar-refractivity contribution in [1.29, 1.82) is 0 Å². The van der Waals surface area contributed by atoms with Gasteiger partial charge in [-0.2, -0.15) is 0 Å². The van der Waals surface area contributed by atoms with Crippen molar-refractivity contribution in [3.8, 4) is 11.5 Å². The van der Waals surface area contributed by atoms with Crippen LogP contribution in [0.3, 0.4) is 0 Å². The first-order valence-electron chi connectivity index (χ1n) is 8.84. The Labute approximate surface area is 159 Å². The lowest BCUT2D eigenvalue weighted by Crippen LogP contribution is -2.24.